The Bertz CT molecular complexity index is 551. The van der Waals surface area contributed by atoms with Crippen molar-refractivity contribution in [2.24, 2.45) is 0 Å². The van der Waals surface area contributed by atoms with Gasteiger partial charge in [0.25, 0.3) is 0 Å². The first kappa shape index (κ1) is 15.1. The summed E-state index contributed by atoms with van der Waals surface area (Å²) in [7, 11) is 0. The second kappa shape index (κ2) is 5.60. The maximum Gasteiger partial charge on any atom is 0.407 e. The van der Waals surface area contributed by atoms with Crippen LogP contribution in [-0.2, 0) is 4.79 Å². The highest BCUT2D eigenvalue weighted by molar-refractivity contribution is 5.75. The molecule has 21 heavy (non-hydrogen) atoms. The third-order valence-corrected chi connectivity index (χ3v) is 3.19. The van der Waals surface area contributed by atoms with E-state index in [1.165, 1.54) is 0 Å². The first-order valence-electron chi connectivity index (χ1n) is 5.90. The summed E-state index contributed by atoms with van der Waals surface area (Å²) in [6, 6.07) is -0.766. The van der Waals surface area contributed by atoms with Crippen LogP contribution in [0.3, 0.4) is 0 Å². The van der Waals surface area contributed by atoms with Crippen molar-refractivity contribution in [2.75, 3.05) is 13.1 Å². The number of carboxylic acids is 1. The fourth-order valence-electron chi connectivity index (χ4n) is 2.15. The summed E-state index contributed by atoms with van der Waals surface area (Å²) in [6.07, 6.45) is -1.35. The largest absolute Gasteiger partial charge is 0.480 e. The Hall–Kier alpha value is -2.29. The number of amides is 1. The monoisotopic (exact) mass is 304 g/mol. The number of rotatable bonds is 2. The molecule has 1 amide bonds. The third-order valence-electron chi connectivity index (χ3n) is 3.19. The van der Waals surface area contributed by atoms with Gasteiger partial charge in [-0.2, -0.15) is 0 Å². The van der Waals surface area contributed by atoms with Crippen molar-refractivity contribution in [2.45, 2.75) is 12.1 Å². The molecule has 1 saturated heterocycles. The molecule has 6 nitrogen and oxygen atoms in total. The molecule has 0 spiro atoms. The molecule has 1 aromatic carbocycles. The molecule has 1 fully saturated rings. The van der Waals surface area contributed by atoms with Crippen LogP contribution >= 0.6 is 0 Å². The number of carbonyl (C=O) groups is 2. The topological polar surface area (TPSA) is 89.9 Å². The van der Waals surface area contributed by atoms with Gasteiger partial charge < -0.3 is 15.1 Å². The maximum absolute atomic E-state index is 13.2. The smallest absolute Gasteiger partial charge is 0.407 e. The lowest BCUT2D eigenvalue weighted by Gasteiger charge is -2.35. The third kappa shape index (κ3) is 3.07. The minimum Gasteiger partial charge on any atom is -0.480 e. The van der Waals surface area contributed by atoms with Gasteiger partial charge in [-0.15, -0.1) is 0 Å². The minimum absolute atomic E-state index is 0.0661. The van der Waals surface area contributed by atoms with Crippen LogP contribution in [0.5, 0.6) is 0 Å². The summed E-state index contributed by atoms with van der Waals surface area (Å²) in [6.45, 7) is -0.503. The highest BCUT2D eigenvalue weighted by Crippen LogP contribution is 2.23. The Morgan fingerprint density at radius 2 is 1.71 bits per heavy atom. The molecular formula is C12H11F3N2O4. The number of hydrogen-bond acceptors (Lipinski definition) is 3. The maximum atomic E-state index is 13.2. The lowest BCUT2D eigenvalue weighted by molar-refractivity contribution is -0.140. The van der Waals surface area contributed by atoms with E-state index >= 15 is 0 Å². The SMILES string of the molecule is O=C(O)C1CN(C(=O)O)CC(c2cc(F)c(F)c(F)c2)N1. The number of carboxylic acid groups (broad SMARTS) is 2. The van der Waals surface area contributed by atoms with Gasteiger partial charge >= 0.3 is 12.1 Å². The Kier molecular flexibility index (Phi) is 4.03. The van der Waals surface area contributed by atoms with E-state index in [9.17, 15) is 22.8 Å². The zero-order valence-corrected chi connectivity index (χ0v) is 10.5. The van der Waals surface area contributed by atoms with Gasteiger partial charge in [0, 0.05) is 6.54 Å². The molecule has 2 atom stereocenters. The molecular weight excluding hydrogens is 293 g/mol. The lowest BCUT2D eigenvalue weighted by Crippen LogP contribution is -2.56. The van der Waals surface area contributed by atoms with E-state index in [1.807, 2.05) is 0 Å². The van der Waals surface area contributed by atoms with Gasteiger partial charge in [0.05, 0.1) is 12.6 Å². The molecule has 2 unspecified atom stereocenters. The number of piperazine rings is 1. The number of halogens is 3. The van der Waals surface area contributed by atoms with Crippen LogP contribution in [0.1, 0.15) is 11.6 Å². The van der Waals surface area contributed by atoms with Gasteiger partial charge in [-0.05, 0) is 17.7 Å². The zero-order valence-electron chi connectivity index (χ0n) is 10.5. The predicted octanol–water partition coefficient (Wildman–Crippen LogP) is 1.18. The summed E-state index contributed by atoms with van der Waals surface area (Å²) in [4.78, 5) is 22.8. The van der Waals surface area contributed by atoms with Crippen LogP contribution < -0.4 is 5.32 Å². The molecule has 0 aliphatic carbocycles. The minimum atomic E-state index is -1.64. The molecule has 0 aromatic heterocycles. The highest BCUT2D eigenvalue weighted by atomic mass is 19.2. The summed E-state index contributed by atoms with van der Waals surface area (Å²) < 4.78 is 39.4. The van der Waals surface area contributed by atoms with Crippen LogP contribution in [0, 0.1) is 17.5 Å². The summed E-state index contributed by atoms with van der Waals surface area (Å²) in [5.74, 6) is -5.79. The molecule has 1 aromatic rings. The van der Waals surface area contributed by atoms with Gasteiger partial charge in [0.1, 0.15) is 6.04 Å². The van der Waals surface area contributed by atoms with Crippen molar-refractivity contribution >= 4 is 12.1 Å². The molecule has 3 N–H and O–H groups in total. The molecule has 1 aliphatic rings. The van der Waals surface area contributed by atoms with Gasteiger partial charge in [-0.3, -0.25) is 10.1 Å². The van der Waals surface area contributed by atoms with E-state index in [2.05, 4.69) is 5.32 Å². The zero-order chi connectivity index (χ0) is 15.7. The van der Waals surface area contributed by atoms with E-state index in [-0.39, 0.29) is 18.7 Å². The molecule has 9 heteroatoms. The summed E-state index contributed by atoms with van der Waals surface area (Å²) >= 11 is 0. The van der Waals surface area contributed by atoms with E-state index in [0.717, 1.165) is 4.90 Å². The Morgan fingerprint density at radius 3 is 2.19 bits per heavy atom. The second-order valence-electron chi connectivity index (χ2n) is 4.60. The van der Waals surface area contributed by atoms with E-state index < -0.39 is 41.6 Å². The van der Waals surface area contributed by atoms with Gasteiger partial charge in [0.15, 0.2) is 17.5 Å². The molecule has 0 bridgehead atoms. The number of aliphatic carboxylic acids is 1. The average molecular weight is 304 g/mol. The predicted molar refractivity (Wildman–Crippen MR) is 63.2 cm³/mol. The standard InChI is InChI=1S/C12H11F3N2O4/c13-6-1-5(2-7(14)10(6)15)8-3-17(12(20)21)4-9(16-8)11(18)19/h1-2,8-9,16H,3-4H2,(H,18,19)(H,20,21). The Labute approximate surface area is 116 Å². The normalized spacial score (nSPS) is 22.1. The number of nitrogens with one attached hydrogen (secondary N) is 1. The van der Waals surface area contributed by atoms with Crippen molar-refractivity contribution in [3.63, 3.8) is 0 Å². The van der Waals surface area contributed by atoms with Crippen LogP contribution in [-0.4, -0.2) is 46.3 Å². The number of benzene rings is 1. The van der Waals surface area contributed by atoms with Gasteiger partial charge in [0.2, 0.25) is 0 Å². The van der Waals surface area contributed by atoms with Crippen LogP contribution in [0.2, 0.25) is 0 Å². The average Bonchev–Trinajstić information content (AvgIpc) is 2.43. The van der Waals surface area contributed by atoms with Gasteiger partial charge in [-0.1, -0.05) is 0 Å². The summed E-state index contributed by atoms with van der Waals surface area (Å²) in [5, 5.41) is 20.5. The molecule has 1 heterocycles. The van der Waals surface area contributed by atoms with Gasteiger partial charge in [-0.25, -0.2) is 18.0 Å². The summed E-state index contributed by atoms with van der Waals surface area (Å²) in [5.41, 5.74) is -0.0661. The van der Waals surface area contributed by atoms with Crippen LogP contribution in [0.25, 0.3) is 0 Å². The Morgan fingerprint density at radius 1 is 1.14 bits per heavy atom. The lowest BCUT2D eigenvalue weighted by atomic mass is 10.0. The number of nitrogens with zero attached hydrogens (tertiary/aromatic N) is 1. The molecule has 1 aliphatic heterocycles. The van der Waals surface area contributed by atoms with E-state index in [1.54, 1.807) is 0 Å². The fraction of sp³-hybridized carbons (Fsp3) is 0.333. The molecule has 0 saturated carbocycles. The van der Waals surface area contributed by atoms with Crippen molar-refractivity contribution < 1.29 is 33.0 Å². The van der Waals surface area contributed by atoms with Crippen molar-refractivity contribution in [3.8, 4) is 0 Å². The second-order valence-corrected chi connectivity index (χ2v) is 4.60. The fourth-order valence-corrected chi connectivity index (χ4v) is 2.15. The van der Waals surface area contributed by atoms with E-state index in [0.29, 0.717) is 12.1 Å². The van der Waals surface area contributed by atoms with Crippen molar-refractivity contribution in [1.82, 2.24) is 10.2 Å². The van der Waals surface area contributed by atoms with Crippen molar-refractivity contribution in [3.05, 3.63) is 35.1 Å². The first-order chi connectivity index (χ1) is 9.79. The molecule has 114 valence electrons. The number of hydrogen-bond donors (Lipinski definition) is 3. The van der Waals surface area contributed by atoms with E-state index in [4.69, 9.17) is 10.2 Å². The molecule has 0 radical (unpaired) electrons. The first-order valence-corrected chi connectivity index (χ1v) is 5.90. The van der Waals surface area contributed by atoms with Crippen LogP contribution in [0.4, 0.5) is 18.0 Å². The van der Waals surface area contributed by atoms with Crippen LogP contribution in [0.15, 0.2) is 12.1 Å². The highest BCUT2D eigenvalue weighted by Gasteiger charge is 2.34. The van der Waals surface area contributed by atoms with Crippen molar-refractivity contribution in [1.29, 1.82) is 0 Å². The molecule has 2 rings (SSSR count). The quantitative estimate of drug-likeness (QED) is 0.714. The Balaban J connectivity index is 2.33.